The second-order valence-electron chi connectivity index (χ2n) is 9.86. The smallest absolute Gasteiger partial charge is 0.208 e. The number of halogens is 1. The number of rotatable bonds is 7. The fourth-order valence-corrected chi connectivity index (χ4v) is 5.13. The van der Waals surface area contributed by atoms with Crippen molar-refractivity contribution in [1.29, 1.82) is 0 Å². The quantitative estimate of drug-likeness (QED) is 0.641. The number of benzene rings is 1. The summed E-state index contributed by atoms with van der Waals surface area (Å²) < 4.78 is 21.5. The first kappa shape index (κ1) is 21.2. The molecule has 2 atom stereocenters. The maximum Gasteiger partial charge on any atom is 0.208 e. The van der Waals surface area contributed by atoms with Crippen LogP contribution in [0.5, 0.6) is 5.75 Å². The van der Waals surface area contributed by atoms with Gasteiger partial charge in [-0.2, -0.15) is 4.39 Å². The first-order valence-corrected chi connectivity index (χ1v) is 11.7. The molecule has 1 aromatic carbocycles. The summed E-state index contributed by atoms with van der Waals surface area (Å²) in [5.41, 5.74) is 1.55. The van der Waals surface area contributed by atoms with Crippen LogP contribution in [-0.4, -0.2) is 48.0 Å². The van der Waals surface area contributed by atoms with E-state index in [1.165, 1.54) is 19.2 Å². The van der Waals surface area contributed by atoms with Crippen molar-refractivity contribution < 1.29 is 13.9 Å². The van der Waals surface area contributed by atoms with E-state index in [4.69, 9.17) is 4.74 Å². The summed E-state index contributed by atoms with van der Waals surface area (Å²) in [7, 11) is 0. The van der Waals surface area contributed by atoms with Crippen LogP contribution in [0.2, 0.25) is 0 Å². The molecule has 6 nitrogen and oxygen atoms in total. The third-order valence-electron chi connectivity index (χ3n) is 7.24. The lowest BCUT2D eigenvalue weighted by Crippen LogP contribution is -2.28. The molecule has 1 aliphatic carbocycles. The fraction of sp³-hybridized carbons (Fsp3) is 0.560. The van der Waals surface area contributed by atoms with Crippen molar-refractivity contribution in [3.8, 4) is 5.75 Å². The molecule has 1 saturated carbocycles. The van der Waals surface area contributed by atoms with Gasteiger partial charge in [0.25, 0.3) is 0 Å². The van der Waals surface area contributed by atoms with E-state index in [2.05, 4.69) is 21.8 Å². The van der Waals surface area contributed by atoms with Crippen LogP contribution in [0.3, 0.4) is 0 Å². The van der Waals surface area contributed by atoms with Crippen molar-refractivity contribution in [3.05, 3.63) is 42.0 Å². The maximum atomic E-state index is 15.3. The van der Waals surface area contributed by atoms with Gasteiger partial charge in [0.2, 0.25) is 5.82 Å². The summed E-state index contributed by atoms with van der Waals surface area (Å²) in [6, 6.07) is 7.96. The summed E-state index contributed by atoms with van der Waals surface area (Å²) in [5, 5.41) is 0. The number of hydrogen-bond donors (Lipinski definition) is 0. The third-order valence-corrected chi connectivity index (χ3v) is 7.24. The van der Waals surface area contributed by atoms with Gasteiger partial charge in [0, 0.05) is 32.5 Å². The number of aromatic nitrogens is 2. The van der Waals surface area contributed by atoms with Crippen molar-refractivity contribution in [2.75, 3.05) is 36.0 Å². The van der Waals surface area contributed by atoms with Gasteiger partial charge in [0.05, 0.1) is 6.54 Å². The monoisotopic (exact) mass is 438 g/mol. The maximum absolute atomic E-state index is 15.3. The van der Waals surface area contributed by atoms with Gasteiger partial charge in [-0.1, -0.05) is 19.1 Å². The molecule has 0 bridgehead atoms. The van der Waals surface area contributed by atoms with E-state index >= 15 is 4.39 Å². The normalized spacial score (nSPS) is 22.4. The zero-order chi connectivity index (χ0) is 22.3. The Morgan fingerprint density at radius 3 is 2.53 bits per heavy atom. The van der Waals surface area contributed by atoms with Gasteiger partial charge in [-0.25, -0.2) is 9.97 Å². The molecule has 0 amide bonds. The zero-order valence-electron chi connectivity index (χ0n) is 18.9. The number of hydrogen-bond acceptors (Lipinski definition) is 6. The molecule has 2 saturated heterocycles. The van der Waals surface area contributed by atoms with E-state index in [9.17, 15) is 4.79 Å². The van der Waals surface area contributed by atoms with Crippen molar-refractivity contribution in [2.24, 2.45) is 5.41 Å². The summed E-state index contributed by atoms with van der Waals surface area (Å²) in [5.74, 6) is 1.70. The van der Waals surface area contributed by atoms with Gasteiger partial charge in [0.15, 0.2) is 11.6 Å². The van der Waals surface area contributed by atoms with Crippen molar-refractivity contribution in [2.45, 2.75) is 58.0 Å². The molecule has 1 aromatic heterocycles. The Hall–Kier alpha value is -2.70. The number of anilines is 2. The predicted molar refractivity (Wildman–Crippen MR) is 122 cm³/mol. The summed E-state index contributed by atoms with van der Waals surface area (Å²) in [6.45, 7) is 6.77. The highest BCUT2D eigenvalue weighted by atomic mass is 19.1. The molecular weight excluding hydrogens is 407 g/mol. The number of ketones is 1. The topological polar surface area (TPSA) is 58.6 Å². The Morgan fingerprint density at radius 2 is 1.88 bits per heavy atom. The molecule has 1 spiro atoms. The van der Waals surface area contributed by atoms with Crippen molar-refractivity contribution in [3.63, 3.8) is 0 Å². The molecule has 0 radical (unpaired) electrons. The second kappa shape index (κ2) is 8.34. The van der Waals surface area contributed by atoms with Crippen LogP contribution in [0.4, 0.5) is 16.0 Å². The van der Waals surface area contributed by atoms with E-state index in [0.717, 1.165) is 37.2 Å². The number of ether oxygens (including phenoxy) is 1. The largest absolute Gasteiger partial charge is 0.489 e. The van der Waals surface area contributed by atoms with Crippen LogP contribution in [0.25, 0.3) is 0 Å². The lowest BCUT2D eigenvalue weighted by molar-refractivity contribution is -0.117. The van der Waals surface area contributed by atoms with E-state index < -0.39 is 0 Å². The first-order valence-electron chi connectivity index (χ1n) is 11.7. The van der Waals surface area contributed by atoms with Crippen LogP contribution < -0.4 is 14.5 Å². The van der Waals surface area contributed by atoms with Crippen LogP contribution in [0.15, 0.2) is 30.6 Å². The molecule has 32 heavy (non-hydrogen) atoms. The minimum absolute atomic E-state index is 0.0187. The third kappa shape index (κ3) is 4.30. The number of carbonyl (C=O) groups excluding carboxylic acids is 1. The number of carbonyl (C=O) groups is 1. The minimum Gasteiger partial charge on any atom is -0.489 e. The standard InChI is InChI=1S/C25H31FN4O2/c1-17(13-18(2)31)19-3-5-20(6-4-19)32-21-7-11-29(14-21)23-22(26)24(28-16-27-23)30-12-10-25(15-30)8-9-25/h3-6,16-17,21H,7-15H2,1-2H3/t17-,21-/m1/s1. The molecule has 0 N–H and O–H groups in total. The molecular formula is C25H31FN4O2. The van der Waals surface area contributed by atoms with E-state index in [0.29, 0.717) is 36.6 Å². The van der Waals surface area contributed by atoms with Crippen LogP contribution in [-0.2, 0) is 4.79 Å². The molecule has 170 valence electrons. The van der Waals surface area contributed by atoms with Gasteiger partial charge >= 0.3 is 0 Å². The summed E-state index contributed by atoms with van der Waals surface area (Å²) >= 11 is 0. The van der Waals surface area contributed by atoms with E-state index in [1.54, 1.807) is 6.92 Å². The van der Waals surface area contributed by atoms with Crippen LogP contribution >= 0.6 is 0 Å². The van der Waals surface area contributed by atoms with Gasteiger partial charge in [0.1, 0.15) is 24.0 Å². The number of Topliss-reactive ketones (excluding diaryl/α,β-unsaturated/α-hetero) is 1. The molecule has 5 rings (SSSR count). The highest BCUT2D eigenvalue weighted by molar-refractivity contribution is 5.76. The van der Waals surface area contributed by atoms with Crippen molar-refractivity contribution in [1.82, 2.24) is 9.97 Å². The summed E-state index contributed by atoms with van der Waals surface area (Å²) in [6.07, 6.45) is 6.47. The average Bonchev–Trinajstić information content (AvgIpc) is 3.16. The Bertz CT molecular complexity index is 992. The lowest BCUT2D eigenvalue weighted by Gasteiger charge is -2.22. The fourth-order valence-electron chi connectivity index (χ4n) is 5.13. The second-order valence-corrected chi connectivity index (χ2v) is 9.86. The predicted octanol–water partition coefficient (Wildman–Crippen LogP) is 4.35. The van der Waals surface area contributed by atoms with Gasteiger partial charge in [-0.05, 0) is 55.2 Å². The Balaban J connectivity index is 1.21. The minimum atomic E-state index is -0.310. The Morgan fingerprint density at radius 1 is 1.16 bits per heavy atom. The highest BCUT2D eigenvalue weighted by Gasteiger charge is 2.48. The van der Waals surface area contributed by atoms with E-state index in [1.807, 2.05) is 29.2 Å². The summed E-state index contributed by atoms with van der Waals surface area (Å²) in [4.78, 5) is 24.0. The molecule has 2 aromatic rings. The van der Waals surface area contributed by atoms with Crippen LogP contribution in [0, 0.1) is 11.2 Å². The lowest BCUT2D eigenvalue weighted by atomic mass is 9.96. The Kier molecular flexibility index (Phi) is 5.51. The van der Waals surface area contributed by atoms with Gasteiger partial charge in [-0.15, -0.1) is 0 Å². The highest BCUT2D eigenvalue weighted by Crippen LogP contribution is 2.53. The van der Waals surface area contributed by atoms with Crippen molar-refractivity contribution >= 4 is 17.4 Å². The molecule has 3 fully saturated rings. The van der Waals surface area contributed by atoms with Gasteiger partial charge in [-0.3, -0.25) is 0 Å². The Labute approximate surface area is 188 Å². The molecule has 3 heterocycles. The molecule has 3 aliphatic rings. The zero-order valence-corrected chi connectivity index (χ0v) is 18.9. The number of nitrogens with zero attached hydrogens (tertiary/aromatic N) is 4. The molecule has 2 aliphatic heterocycles. The molecule has 7 heteroatoms. The average molecular weight is 439 g/mol. The molecule has 0 unspecified atom stereocenters. The van der Waals surface area contributed by atoms with E-state index in [-0.39, 0.29) is 23.6 Å². The van der Waals surface area contributed by atoms with Gasteiger partial charge < -0.3 is 19.3 Å². The first-order chi connectivity index (χ1) is 15.4. The van der Waals surface area contributed by atoms with Crippen LogP contribution in [0.1, 0.15) is 57.4 Å². The SMILES string of the molecule is CC(=O)C[C@@H](C)c1ccc(O[C@@H]2CCN(c3ncnc(N4CCC5(CC5)C4)c3F)C2)cc1.